The van der Waals surface area contributed by atoms with Crippen molar-refractivity contribution in [2.45, 2.75) is 55.2 Å². The smallest absolute Gasteiger partial charge is 0.175 e. The first-order chi connectivity index (χ1) is 15.8. The molecule has 33 heavy (non-hydrogen) atoms. The third kappa shape index (κ3) is 4.92. The number of hydrogen-bond donors (Lipinski definition) is 0. The highest BCUT2D eigenvalue weighted by Gasteiger charge is 2.43. The number of benzene rings is 2. The summed E-state index contributed by atoms with van der Waals surface area (Å²) in [5.41, 5.74) is 2.15. The van der Waals surface area contributed by atoms with E-state index in [0.29, 0.717) is 21.8 Å². The number of fused-ring (bicyclic) bond motifs is 1. The van der Waals surface area contributed by atoms with Crippen molar-refractivity contribution < 1.29 is 13.2 Å². The van der Waals surface area contributed by atoms with Gasteiger partial charge in [-0.2, -0.15) is 0 Å². The molecule has 2 heterocycles. The van der Waals surface area contributed by atoms with E-state index in [4.69, 9.17) is 27.9 Å². The van der Waals surface area contributed by atoms with E-state index < -0.39 is 9.84 Å². The predicted molar refractivity (Wildman–Crippen MR) is 132 cm³/mol. The Balaban J connectivity index is 1.44. The molecule has 2 fully saturated rings. The minimum absolute atomic E-state index is 0.167. The molecule has 2 aromatic carbocycles. The van der Waals surface area contributed by atoms with Crippen LogP contribution in [0.3, 0.4) is 0 Å². The van der Waals surface area contributed by atoms with E-state index in [1.165, 1.54) is 45.0 Å². The first-order valence-corrected chi connectivity index (χ1v) is 14.4. The van der Waals surface area contributed by atoms with E-state index in [2.05, 4.69) is 9.80 Å². The Kier molecular flexibility index (Phi) is 6.66. The second kappa shape index (κ2) is 9.38. The molecule has 3 aliphatic rings. The van der Waals surface area contributed by atoms with Crippen LogP contribution in [0.15, 0.2) is 41.3 Å². The molecule has 0 spiro atoms. The van der Waals surface area contributed by atoms with Gasteiger partial charge in [-0.1, -0.05) is 23.2 Å². The van der Waals surface area contributed by atoms with Crippen LogP contribution in [0.4, 0.5) is 0 Å². The Hall–Kier alpha value is -1.31. The summed E-state index contributed by atoms with van der Waals surface area (Å²) in [6.07, 6.45) is 6.82. The molecule has 1 aliphatic carbocycles. The average molecular weight is 509 g/mol. The normalized spacial score (nSPS) is 26.1. The van der Waals surface area contributed by atoms with Crippen molar-refractivity contribution in [3.8, 4) is 5.75 Å². The third-order valence-electron chi connectivity index (χ3n) is 7.30. The quantitative estimate of drug-likeness (QED) is 0.549. The summed E-state index contributed by atoms with van der Waals surface area (Å²) in [5, 5.41) is 1.30. The van der Waals surface area contributed by atoms with Crippen LogP contribution in [-0.2, 0) is 16.3 Å². The van der Waals surface area contributed by atoms with Gasteiger partial charge in [0.25, 0.3) is 0 Å². The minimum atomic E-state index is -3.25. The van der Waals surface area contributed by atoms with Gasteiger partial charge < -0.3 is 9.64 Å². The number of nitrogens with zero attached hydrogens (tertiary/aromatic N) is 2. The number of hydrogen-bond acceptors (Lipinski definition) is 5. The molecule has 0 bridgehead atoms. The molecule has 5 nitrogen and oxygen atoms in total. The fourth-order valence-electron chi connectivity index (χ4n) is 5.72. The van der Waals surface area contributed by atoms with Crippen LogP contribution in [-0.4, -0.2) is 62.7 Å². The maximum atomic E-state index is 11.9. The molecular weight excluding hydrogens is 479 g/mol. The summed E-state index contributed by atoms with van der Waals surface area (Å²) in [7, 11) is -3.25. The van der Waals surface area contributed by atoms with Crippen LogP contribution in [0.5, 0.6) is 5.75 Å². The number of halogens is 2. The van der Waals surface area contributed by atoms with E-state index in [0.717, 1.165) is 30.6 Å². The van der Waals surface area contributed by atoms with Gasteiger partial charge in [-0.25, -0.2) is 8.42 Å². The summed E-state index contributed by atoms with van der Waals surface area (Å²) < 4.78 is 30.3. The SMILES string of the molecule is CS(=O)(=O)c1ccc(O[C@H]2c3cc(Cl)cc(Cl)c3C[C@@H]2N2CCC[C@H]2CN2CCCC2)cc1. The molecule has 0 aromatic heterocycles. The predicted octanol–water partition coefficient (Wildman–Crippen LogP) is 5.00. The lowest BCUT2D eigenvalue weighted by molar-refractivity contribution is 0.0590. The molecule has 0 radical (unpaired) electrons. The number of ether oxygens (including phenoxy) is 1. The first-order valence-electron chi connectivity index (χ1n) is 11.7. The fraction of sp³-hybridized carbons (Fsp3) is 0.520. The molecule has 178 valence electrons. The molecule has 3 atom stereocenters. The second-order valence-electron chi connectivity index (χ2n) is 9.55. The summed E-state index contributed by atoms with van der Waals surface area (Å²) in [4.78, 5) is 5.50. The van der Waals surface area contributed by atoms with Gasteiger partial charge in [-0.3, -0.25) is 4.90 Å². The lowest BCUT2D eigenvalue weighted by Gasteiger charge is -2.36. The van der Waals surface area contributed by atoms with Crippen LogP contribution in [0, 0.1) is 0 Å². The lowest BCUT2D eigenvalue weighted by atomic mass is 10.1. The highest BCUT2D eigenvalue weighted by molar-refractivity contribution is 7.90. The molecule has 8 heteroatoms. The Morgan fingerprint density at radius 2 is 1.76 bits per heavy atom. The van der Waals surface area contributed by atoms with Crippen molar-refractivity contribution in [2.75, 3.05) is 32.4 Å². The van der Waals surface area contributed by atoms with Gasteiger partial charge in [-0.05, 0) is 93.7 Å². The van der Waals surface area contributed by atoms with Gasteiger partial charge in [0.15, 0.2) is 9.84 Å². The number of likely N-dealkylation sites (tertiary alicyclic amines) is 2. The van der Waals surface area contributed by atoms with Crippen molar-refractivity contribution in [3.05, 3.63) is 57.6 Å². The maximum Gasteiger partial charge on any atom is 0.175 e. The van der Waals surface area contributed by atoms with E-state index in [-0.39, 0.29) is 17.0 Å². The number of sulfone groups is 1. The Morgan fingerprint density at radius 1 is 1.03 bits per heavy atom. The zero-order valence-electron chi connectivity index (χ0n) is 18.8. The van der Waals surface area contributed by atoms with Gasteiger partial charge in [0.2, 0.25) is 0 Å². The second-order valence-corrected chi connectivity index (χ2v) is 12.4. The molecule has 0 amide bonds. The summed E-state index contributed by atoms with van der Waals surface area (Å²) in [6, 6.07) is 11.2. The highest BCUT2D eigenvalue weighted by Crippen LogP contribution is 2.44. The van der Waals surface area contributed by atoms with Crippen molar-refractivity contribution in [1.82, 2.24) is 9.80 Å². The molecule has 0 saturated carbocycles. The standard InChI is InChI=1S/C25H30Cl2N2O3S/c1-33(30,31)20-8-6-19(7-9-20)32-25-22-13-17(26)14-23(27)21(22)15-24(25)29-12-4-5-18(29)16-28-10-2-3-11-28/h6-9,13-14,18,24-25H,2-5,10-12,15-16H2,1H3/t18-,24-,25-/m0/s1. The third-order valence-corrected chi connectivity index (χ3v) is 8.98. The van der Waals surface area contributed by atoms with Crippen molar-refractivity contribution >= 4 is 33.0 Å². The molecule has 2 aliphatic heterocycles. The maximum absolute atomic E-state index is 11.9. The zero-order chi connectivity index (χ0) is 23.2. The van der Waals surface area contributed by atoms with Gasteiger partial charge in [-0.15, -0.1) is 0 Å². The Bertz CT molecular complexity index is 1120. The average Bonchev–Trinajstić information content (AvgIpc) is 3.50. The lowest BCUT2D eigenvalue weighted by Crippen LogP contribution is -2.47. The van der Waals surface area contributed by atoms with E-state index in [9.17, 15) is 8.42 Å². The minimum Gasteiger partial charge on any atom is -0.484 e. The van der Waals surface area contributed by atoms with Gasteiger partial charge in [0.1, 0.15) is 11.9 Å². The van der Waals surface area contributed by atoms with E-state index >= 15 is 0 Å². The largest absolute Gasteiger partial charge is 0.484 e. The number of rotatable bonds is 6. The Labute approximate surface area is 206 Å². The molecular formula is C25H30Cl2N2O3S. The fourth-order valence-corrected chi connectivity index (χ4v) is 6.93. The van der Waals surface area contributed by atoms with E-state index in [1.807, 2.05) is 12.1 Å². The summed E-state index contributed by atoms with van der Waals surface area (Å²) >= 11 is 13.0. The van der Waals surface area contributed by atoms with Gasteiger partial charge >= 0.3 is 0 Å². The van der Waals surface area contributed by atoms with Crippen molar-refractivity contribution in [2.24, 2.45) is 0 Å². The summed E-state index contributed by atoms with van der Waals surface area (Å²) in [6.45, 7) is 4.55. The zero-order valence-corrected chi connectivity index (χ0v) is 21.2. The Morgan fingerprint density at radius 3 is 2.45 bits per heavy atom. The van der Waals surface area contributed by atoms with Crippen molar-refractivity contribution in [3.63, 3.8) is 0 Å². The summed E-state index contributed by atoms with van der Waals surface area (Å²) in [5.74, 6) is 0.650. The van der Waals surface area contributed by atoms with Gasteiger partial charge in [0, 0.05) is 34.5 Å². The molecule has 2 saturated heterocycles. The molecule has 5 rings (SSSR count). The van der Waals surface area contributed by atoms with E-state index in [1.54, 1.807) is 24.3 Å². The van der Waals surface area contributed by atoms with Crippen LogP contribution >= 0.6 is 23.2 Å². The molecule has 0 unspecified atom stereocenters. The monoisotopic (exact) mass is 508 g/mol. The molecule has 2 aromatic rings. The van der Waals surface area contributed by atoms with Crippen LogP contribution in [0.1, 0.15) is 42.9 Å². The topological polar surface area (TPSA) is 49.9 Å². The molecule has 0 N–H and O–H groups in total. The van der Waals surface area contributed by atoms with Gasteiger partial charge in [0.05, 0.1) is 10.9 Å². The van der Waals surface area contributed by atoms with Crippen LogP contribution < -0.4 is 4.74 Å². The van der Waals surface area contributed by atoms with Crippen LogP contribution in [0.25, 0.3) is 0 Å². The highest BCUT2D eigenvalue weighted by atomic mass is 35.5. The van der Waals surface area contributed by atoms with Crippen molar-refractivity contribution in [1.29, 1.82) is 0 Å². The first kappa shape index (κ1) is 23.4. The van der Waals surface area contributed by atoms with Crippen LogP contribution in [0.2, 0.25) is 10.0 Å².